The highest BCUT2D eigenvalue weighted by atomic mass is 35.5. The van der Waals surface area contributed by atoms with Gasteiger partial charge in [-0.25, -0.2) is 13.1 Å². The standard InChI is InChI=1S/C27H31Cl2N3O3S/c1-16-2-11-25(23(29)12-16)36(34,35)30-15-17-3-5-18(6-4-17)27(33)32-26-14-22-21-9-8-20(28)13-19(21)7-10-24(22)31-26/h2,8-9,11-13,17-18,22,24,30H,3-7,10,14-15H2,1H3,(H,31,32,33)/t17?,18?,22-,24+/m0/s1. The third-order valence-electron chi connectivity index (χ3n) is 7.84. The summed E-state index contributed by atoms with van der Waals surface area (Å²) in [6, 6.07) is 11.2. The molecule has 0 aromatic heterocycles. The highest BCUT2D eigenvalue weighted by Crippen LogP contribution is 2.40. The highest BCUT2D eigenvalue weighted by molar-refractivity contribution is 7.89. The maximum Gasteiger partial charge on any atom is 0.242 e. The molecule has 1 fully saturated rings. The molecule has 1 aliphatic heterocycles. The van der Waals surface area contributed by atoms with Gasteiger partial charge in [0.25, 0.3) is 0 Å². The van der Waals surface area contributed by atoms with Crippen molar-refractivity contribution in [2.75, 3.05) is 6.54 Å². The summed E-state index contributed by atoms with van der Waals surface area (Å²) in [7, 11) is -3.67. The van der Waals surface area contributed by atoms with E-state index in [0.717, 1.165) is 61.4 Å². The Kier molecular flexibility index (Phi) is 7.46. The third kappa shape index (κ3) is 5.49. The van der Waals surface area contributed by atoms with Gasteiger partial charge in [0.05, 0.1) is 11.1 Å². The zero-order valence-electron chi connectivity index (χ0n) is 20.3. The van der Waals surface area contributed by atoms with Crippen LogP contribution in [0.5, 0.6) is 0 Å². The lowest BCUT2D eigenvalue weighted by Crippen LogP contribution is -2.38. The Morgan fingerprint density at radius 3 is 2.58 bits per heavy atom. The fourth-order valence-corrected chi connectivity index (χ4v) is 7.72. The molecule has 1 heterocycles. The molecule has 192 valence electrons. The van der Waals surface area contributed by atoms with Gasteiger partial charge in [-0.2, -0.15) is 0 Å². The number of carbonyl (C=O) groups excluding carboxylic acids is 1. The van der Waals surface area contributed by atoms with E-state index in [1.165, 1.54) is 17.2 Å². The van der Waals surface area contributed by atoms with Gasteiger partial charge in [0, 0.05) is 29.8 Å². The van der Waals surface area contributed by atoms with Crippen molar-refractivity contribution in [3.63, 3.8) is 0 Å². The first-order valence-electron chi connectivity index (χ1n) is 12.6. The van der Waals surface area contributed by atoms with E-state index in [1.807, 2.05) is 13.0 Å². The molecule has 2 N–H and O–H groups in total. The van der Waals surface area contributed by atoms with E-state index in [-0.39, 0.29) is 33.7 Å². The molecule has 2 aromatic rings. The van der Waals surface area contributed by atoms with Gasteiger partial charge in [0.15, 0.2) is 0 Å². The summed E-state index contributed by atoms with van der Waals surface area (Å²) in [5, 5.41) is 4.10. The minimum absolute atomic E-state index is 0.0363. The number of amides is 1. The molecule has 6 nitrogen and oxygen atoms in total. The predicted molar refractivity (Wildman–Crippen MR) is 143 cm³/mol. The summed E-state index contributed by atoms with van der Waals surface area (Å²) < 4.78 is 28.1. The maximum absolute atomic E-state index is 13.0. The smallest absolute Gasteiger partial charge is 0.242 e. The molecule has 0 spiro atoms. The Morgan fingerprint density at radius 2 is 1.83 bits per heavy atom. The molecular formula is C27H31Cl2N3O3S. The number of fused-ring (bicyclic) bond motifs is 3. The zero-order valence-corrected chi connectivity index (χ0v) is 22.6. The van der Waals surface area contributed by atoms with E-state index in [9.17, 15) is 13.2 Å². The molecule has 0 bridgehead atoms. The normalized spacial score (nSPS) is 25.6. The van der Waals surface area contributed by atoms with Crippen molar-refractivity contribution >= 4 is 45.0 Å². The van der Waals surface area contributed by atoms with E-state index in [4.69, 9.17) is 28.2 Å². The number of rotatable bonds is 5. The van der Waals surface area contributed by atoms with Gasteiger partial charge in [-0.15, -0.1) is 0 Å². The van der Waals surface area contributed by atoms with Gasteiger partial charge in [-0.05, 0) is 92.3 Å². The van der Waals surface area contributed by atoms with Gasteiger partial charge in [0.1, 0.15) is 10.7 Å². The van der Waals surface area contributed by atoms with E-state index in [0.29, 0.717) is 12.5 Å². The summed E-state index contributed by atoms with van der Waals surface area (Å²) in [5.41, 5.74) is 3.51. The number of carbonyl (C=O) groups is 1. The van der Waals surface area contributed by atoms with E-state index < -0.39 is 10.0 Å². The van der Waals surface area contributed by atoms with Crippen LogP contribution >= 0.6 is 23.2 Å². The van der Waals surface area contributed by atoms with Crippen molar-refractivity contribution in [1.29, 1.82) is 0 Å². The highest BCUT2D eigenvalue weighted by Gasteiger charge is 2.36. The number of amidine groups is 1. The average molecular weight is 549 g/mol. The first-order valence-corrected chi connectivity index (χ1v) is 14.8. The van der Waals surface area contributed by atoms with Crippen LogP contribution in [0.3, 0.4) is 0 Å². The molecule has 0 radical (unpaired) electrons. The molecular weight excluding hydrogens is 517 g/mol. The Labute approximate surface area is 222 Å². The van der Waals surface area contributed by atoms with Crippen molar-refractivity contribution in [1.82, 2.24) is 10.0 Å². The van der Waals surface area contributed by atoms with Crippen LogP contribution in [-0.2, 0) is 21.2 Å². The first-order chi connectivity index (χ1) is 17.2. The maximum atomic E-state index is 13.0. The van der Waals surface area contributed by atoms with Crippen LogP contribution < -0.4 is 10.0 Å². The zero-order chi connectivity index (χ0) is 25.4. The molecule has 1 saturated carbocycles. The molecule has 9 heteroatoms. The number of hydrogen-bond acceptors (Lipinski definition) is 4. The lowest BCUT2D eigenvalue weighted by Gasteiger charge is -2.28. The van der Waals surface area contributed by atoms with Gasteiger partial charge < -0.3 is 5.32 Å². The van der Waals surface area contributed by atoms with E-state index in [2.05, 4.69) is 22.2 Å². The molecule has 5 rings (SSSR count). The van der Waals surface area contributed by atoms with Crippen LogP contribution in [-0.4, -0.2) is 32.7 Å². The second-order valence-corrected chi connectivity index (χ2v) is 12.9. The number of nitrogens with one attached hydrogen (secondary N) is 2. The van der Waals surface area contributed by atoms with Gasteiger partial charge in [0.2, 0.25) is 15.9 Å². The van der Waals surface area contributed by atoms with Crippen LogP contribution in [0, 0.1) is 18.8 Å². The fourth-order valence-electron chi connectivity index (χ4n) is 5.81. The second-order valence-electron chi connectivity index (χ2n) is 10.3. The quantitative estimate of drug-likeness (QED) is 0.524. The van der Waals surface area contributed by atoms with Crippen molar-refractivity contribution < 1.29 is 13.2 Å². The number of benzene rings is 2. The minimum Gasteiger partial charge on any atom is -0.314 e. The molecule has 3 aliphatic rings. The Hall–Kier alpha value is -1.93. The first kappa shape index (κ1) is 25.7. The summed E-state index contributed by atoms with van der Waals surface area (Å²) in [4.78, 5) is 17.9. The number of nitrogens with zero attached hydrogens (tertiary/aromatic N) is 1. The van der Waals surface area contributed by atoms with E-state index >= 15 is 0 Å². The summed E-state index contributed by atoms with van der Waals surface area (Å²) in [6.07, 6.45) is 5.78. The monoisotopic (exact) mass is 547 g/mol. The third-order valence-corrected chi connectivity index (χ3v) is 9.98. The lowest BCUT2D eigenvalue weighted by atomic mass is 9.79. The van der Waals surface area contributed by atoms with Crippen molar-refractivity contribution in [3.8, 4) is 0 Å². The molecule has 1 amide bonds. The number of halogens is 2. The SMILES string of the molecule is Cc1ccc(S(=O)(=O)NCC2CCC(C(=O)NC3=N[C@@H]4CCc5cc(Cl)ccc5[C@@H]4C3)CC2)c(Cl)c1. The largest absolute Gasteiger partial charge is 0.314 e. The van der Waals surface area contributed by atoms with Gasteiger partial charge in [-0.1, -0.05) is 35.3 Å². The van der Waals surface area contributed by atoms with Crippen LogP contribution in [0.4, 0.5) is 0 Å². The number of aliphatic imine (C=N–C) groups is 1. The second kappa shape index (κ2) is 10.4. The van der Waals surface area contributed by atoms with Crippen molar-refractivity contribution in [3.05, 3.63) is 63.1 Å². The number of aryl methyl sites for hydroxylation is 2. The summed E-state index contributed by atoms with van der Waals surface area (Å²) >= 11 is 12.3. The Balaban J connectivity index is 1.11. The average Bonchev–Trinajstić information content (AvgIpc) is 3.25. The van der Waals surface area contributed by atoms with Crippen molar-refractivity contribution in [2.24, 2.45) is 16.8 Å². The molecule has 36 heavy (non-hydrogen) atoms. The molecule has 0 saturated heterocycles. The predicted octanol–water partition coefficient (Wildman–Crippen LogP) is 5.40. The van der Waals surface area contributed by atoms with Crippen LogP contribution in [0.25, 0.3) is 0 Å². The molecule has 2 aliphatic carbocycles. The summed E-state index contributed by atoms with van der Waals surface area (Å²) in [5.74, 6) is 1.27. The number of hydrogen-bond donors (Lipinski definition) is 2. The Bertz CT molecular complexity index is 1300. The van der Waals surface area contributed by atoms with E-state index in [1.54, 1.807) is 12.1 Å². The number of sulfonamides is 1. The molecule has 2 atom stereocenters. The van der Waals surface area contributed by atoms with Crippen LogP contribution in [0.15, 0.2) is 46.3 Å². The molecule has 2 aromatic carbocycles. The van der Waals surface area contributed by atoms with Gasteiger partial charge >= 0.3 is 0 Å². The Morgan fingerprint density at radius 1 is 1.06 bits per heavy atom. The van der Waals surface area contributed by atoms with Crippen LogP contribution in [0.1, 0.15) is 61.1 Å². The lowest BCUT2D eigenvalue weighted by molar-refractivity contribution is -0.124. The van der Waals surface area contributed by atoms with Crippen LogP contribution in [0.2, 0.25) is 10.0 Å². The minimum atomic E-state index is -3.67. The summed E-state index contributed by atoms with van der Waals surface area (Å²) in [6.45, 7) is 2.21. The van der Waals surface area contributed by atoms with Gasteiger partial charge in [-0.3, -0.25) is 9.79 Å². The van der Waals surface area contributed by atoms with Crippen molar-refractivity contribution in [2.45, 2.75) is 68.7 Å². The fraction of sp³-hybridized carbons (Fsp3) is 0.481. The topological polar surface area (TPSA) is 87.6 Å². The molecule has 0 unspecified atom stereocenters.